The summed E-state index contributed by atoms with van der Waals surface area (Å²) >= 11 is 0. The summed E-state index contributed by atoms with van der Waals surface area (Å²) in [4.78, 5) is 12.1. The first-order chi connectivity index (χ1) is 12.9. The lowest BCUT2D eigenvalue weighted by atomic mass is 9.92. The number of hydrogen-bond acceptors (Lipinski definition) is 5. The number of esters is 1. The zero-order valence-electron chi connectivity index (χ0n) is 16.9. The van der Waals surface area contributed by atoms with Gasteiger partial charge in [0.15, 0.2) is 18.3 Å². The van der Waals surface area contributed by atoms with Crippen LogP contribution in [0.2, 0.25) is 0 Å². The fraction of sp³-hybridized carbons (Fsp3) is 0.409. The van der Waals surface area contributed by atoms with Crippen molar-refractivity contribution in [2.45, 2.75) is 33.6 Å². The number of rotatable bonds is 8. The topological polar surface area (TPSA) is 54.0 Å². The van der Waals surface area contributed by atoms with Gasteiger partial charge in [-0.15, -0.1) is 0 Å². The van der Waals surface area contributed by atoms with Crippen molar-refractivity contribution >= 4 is 22.8 Å². The highest BCUT2D eigenvalue weighted by Crippen LogP contribution is 2.42. The van der Waals surface area contributed by atoms with E-state index in [1.807, 2.05) is 24.3 Å². The molecule has 0 radical (unpaired) electrons. The Kier molecular flexibility index (Phi) is 7.25. The summed E-state index contributed by atoms with van der Waals surface area (Å²) in [5, 5.41) is 1.95. The van der Waals surface area contributed by atoms with E-state index in [9.17, 15) is 4.79 Å². The van der Waals surface area contributed by atoms with Crippen molar-refractivity contribution in [3.05, 3.63) is 41.0 Å². The molecule has 5 nitrogen and oxygen atoms in total. The highest BCUT2D eigenvalue weighted by Gasteiger charge is 2.18. The molecule has 0 aromatic heterocycles. The van der Waals surface area contributed by atoms with Gasteiger partial charge in [-0.05, 0) is 48.4 Å². The summed E-state index contributed by atoms with van der Waals surface area (Å²) in [7, 11) is 3.18. The number of fused-ring (bicyclic) bond motifs is 1. The lowest BCUT2D eigenvalue weighted by Gasteiger charge is -2.19. The number of carbonyl (C=O) groups is 1. The number of ether oxygens (including phenoxy) is 4. The van der Waals surface area contributed by atoms with Gasteiger partial charge in [0.05, 0.1) is 13.7 Å². The van der Waals surface area contributed by atoms with Crippen LogP contribution in [0.3, 0.4) is 0 Å². The maximum Gasteiger partial charge on any atom is 0.333 e. The van der Waals surface area contributed by atoms with E-state index in [1.165, 1.54) is 0 Å². The minimum absolute atomic E-state index is 0.120. The standard InChI is InChI=1S/C22H28O5/c1-7-26-22(23)15(4)11-16-12-19(25-6)21(27-13-24-5)20-17(14(2)3)9-8-10-18(16)20/h8-12,14H,7,13H2,1-6H3/b15-11+. The van der Waals surface area contributed by atoms with Gasteiger partial charge in [0.2, 0.25) is 0 Å². The van der Waals surface area contributed by atoms with E-state index in [-0.39, 0.29) is 18.7 Å². The lowest BCUT2D eigenvalue weighted by Crippen LogP contribution is -2.06. The third kappa shape index (κ3) is 4.61. The van der Waals surface area contributed by atoms with E-state index in [1.54, 1.807) is 28.1 Å². The first-order valence-electron chi connectivity index (χ1n) is 9.05. The number of carbonyl (C=O) groups excluding carboxylic acids is 1. The van der Waals surface area contributed by atoms with Gasteiger partial charge in [-0.25, -0.2) is 4.79 Å². The van der Waals surface area contributed by atoms with Crippen molar-refractivity contribution in [1.82, 2.24) is 0 Å². The molecule has 0 saturated heterocycles. The van der Waals surface area contributed by atoms with Crippen LogP contribution in [-0.2, 0) is 14.3 Å². The molecule has 0 aliphatic rings. The van der Waals surface area contributed by atoms with Gasteiger partial charge in [-0.3, -0.25) is 0 Å². The van der Waals surface area contributed by atoms with Crippen LogP contribution < -0.4 is 9.47 Å². The molecule has 2 rings (SSSR count). The van der Waals surface area contributed by atoms with Crippen LogP contribution in [-0.4, -0.2) is 33.6 Å². The van der Waals surface area contributed by atoms with Crippen molar-refractivity contribution in [3.63, 3.8) is 0 Å². The summed E-state index contributed by atoms with van der Waals surface area (Å²) in [5.74, 6) is 1.19. The maximum absolute atomic E-state index is 12.1. The average molecular weight is 372 g/mol. The third-order valence-electron chi connectivity index (χ3n) is 4.28. The average Bonchev–Trinajstić information content (AvgIpc) is 2.66. The maximum atomic E-state index is 12.1. The van der Waals surface area contributed by atoms with Gasteiger partial charge in [0, 0.05) is 18.1 Å². The summed E-state index contributed by atoms with van der Waals surface area (Å²) in [6, 6.07) is 7.99. The van der Waals surface area contributed by atoms with Crippen LogP contribution in [0, 0.1) is 0 Å². The Morgan fingerprint density at radius 3 is 2.56 bits per heavy atom. The number of hydrogen-bond donors (Lipinski definition) is 0. The van der Waals surface area contributed by atoms with Crippen LogP contribution in [0.5, 0.6) is 11.5 Å². The van der Waals surface area contributed by atoms with Gasteiger partial charge < -0.3 is 18.9 Å². The van der Waals surface area contributed by atoms with Crippen LogP contribution in [0.15, 0.2) is 29.8 Å². The van der Waals surface area contributed by atoms with Crippen LogP contribution in [0.1, 0.15) is 44.7 Å². The predicted molar refractivity (Wildman–Crippen MR) is 107 cm³/mol. The molecule has 0 fully saturated rings. The summed E-state index contributed by atoms with van der Waals surface area (Å²) in [6.45, 7) is 8.27. The van der Waals surface area contributed by atoms with E-state index < -0.39 is 0 Å². The second-order valence-electron chi connectivity index (χ2n) is 6.52. The molecule has 0 aliphatic heterocycles. The van der Waals surface area contributed by atoms with Gasteiger partial charge in [-0.2, -0.15) is 0 Å². The molecule has 2 aromatic carbocycles. The monoisotopic (exact) mass is 372 g/mol. The molecule has 0 spiro atoms. The second-order valence-corrected chi connectivity index (χ2v) is 6.52. The quantitative estimate of drug-likeness (QED) is 0.374. The number of methoxy groups -OCH3 is 2. The molecule has 2 aromatic rings. The SMILES string of the molecule is CCOC(=O)/C(C)=C/c1cc(OC)c(OCOC)c2c(C(C)C)cccc12. The molecule has 0 heterocycles. The first kappa shape index (κ1) is 20.8. The summed E-state index contributed by atoms with van der Waals surface area (Å²) in [6.07, 6.45) is 1.83. The smallest absolute Gasteiger partial charge is 0.333 e. The Hall–Kier alpha value is -2.53. The van der Waals surface area contributed by atoms with Crippen molar-refractivity contribution in [1.29, 1.82) is 0 Å². The minimum atomic E-state index is -0.329. The molecule has 0 N–H and O–H groups in total. The Labute approximate surface area is 160 Å². The summed E-state index contributed by atoms with van der Waals surface area (Å²) in [5.41, 5.74) is 2.54. The van der Waals surface area contributed by atoms with Gasteiger partial charge in [-0.1, -0.05) is 32.0 Å². The van der Waals surface area contributed by atoms with Crippen molar-refractivity contribution in [2.24, 2.45) is 0 Å². The van der Waals surface area contributed by atoms with Crippen LogP contribution >= 0.6 is 0 Å². The highest BCUT2D eigenvalue weighted by molar-refractivity contribution is 6.02. The van der Waals surface area contributed by atoms with Gasteiger partial charge in [0.25, 0.3) is 0 Å². The highest BCUT2D eigenvalue weighted by atomic mass is 16.7. The van der Waals surface area contributed by atoms with E-state index in [4.69, 9.17) is 18.9 Å². The van der Waals surface area contributed by atoms with E-state index >= 15 is 0 Å². The van der Waals surface area contributed by atoms with Crippen LogP contribution in [0.25, 0.3) is 16.8 Å². The molecule has 0 atom stereocenters. The fourth-order valence-corrected chi connectivity index (χ4v) is 3.02. The third-order valence-corrected chi connectivity index (χ3v) is 4.28. The zero-order chi connectivity index (χ0) is 20.0. The zero-order valence-corrected chi connectivity index (χ0v) is 16.9. The first-order valence-corrected chi connectivity index (χ1v) is 9.05. The van der Waals surface area contributed by atoms with Crippen molar-refractivity contribution in [3.8, 4) is 11.5 Å². The number of benzene rings is 2. The predicted octanol–water partition coefficient (Wildman–Crippen LogP) is 4.92. The molecule has 5 heteroatoms. The van der Waals surface area contributed by atoms with Gasteiger partial charge in [0.1, 0.15) is 0 Å². The second kappa shape index (κ2) is 9.42. The normalized spacial score (nSPS) is 11.7. The van der Waals surface area contributed by atoms with Crippen molar-refractivity contribution in [2.75, 3.05) is 27.6 Å². The Bertz CT molecular complexity index is 836. The molecular formula is C22H28O5. The molecule has 27 heavy (non-hydrogen) atoms. The lowest BCUT2D eigenvalue weighted by molar-refractivity contribution is -0.138. The fourth-order valence-electron chi connectivity index (χ4n) is 3.02. The summed E-state index contributed by atoms with van der Waals surface area (Å²) < 4.78 is 21.7. The molecule has 146 valence electrons. The van der Waals surface area contributed by atoms with E-state index in [0.29, 0.717) is 23.7 Å². The minimum Gasteiger partial charge on any atom is -0.493 e. The molecule has 0 saturated carbocycles. The van der Waals surface area contributed by atoms with E-state index in [0.717, 1.165) is 21.9 Å². The van der Waals surface area contributed by atoms with Gasteiger partial charge >= 0.3 is 5.97 Å². The Morgan fingerprint density at radius 1 is 1.22 bits per heavy atom. The molecule has 0 amide bonds. The largest absolute Gasteiger partial charge is 0.493 e. The Morgan fingerprint density at radius 2 is 1.96 bits per heavy atom. The molecule has 0 aliphatic carbocycles. The molecular weight excluding hydrogens is 344 g/mol. The van der Waals surface area contributed by atoms with E-state index in [2.05, 4.69) is 19.9 Å². The molecule has 0 bridgehead atoms. The molecule has 0 unspecified atom stereocenters. The Balaban J connectivity index is 2.78. The van der Waals surface area contributed by atoms with Crippen molar-refractivity contribution < 1.29 is 23.7 Å². The van der Waals surface area contributed by atoms with Crippen LogP contribution in [0.4, 0.5) is 0 Å².